The lowest BCUT2D eigenvalue weighted by atomic mass is 10.1. The number of carbonyl (C=O) groups excluding carboxylic acids is 1. The van der Waals surface area contributed by atoms with Gasteiger partial charge in [0, 0.05) is 12.4 Å². The van der Waals surface area contributed by atoms with Gasteiger partial charge in [-0.2, -0.15) is 0 Å². The number of nitrogens with zero attached hydrogens (tertiary/aromatic N) is 2. The highest BCUT2D eigenvalue weighted by molar-refractivity contribution is 6.03. The van der Waals surface area contributed by atoms with Crippen LogP contribution in [0.25, 0.3) is 10.9 Å². The Morgan fingerprint density at radius 1 is 1.25 bits per heavy atom. The number of hydrogen-bond donors (Lipinski definition) is 3. The van der Waals surface area contributed by atoms with Crippen molar-refractivity contribution in [2.24, 2.45) is 0 Å². The summed E-state index contributed by atoms with van der Waals surface area (Å²) in [5.41, 5.74) is 0.641. The van der Waals surface area contributed by atoms with E-state index in [0.717, 1.165) is 0 Å². The third-order valence-electron chi connectivity index (χ3n) is 2.87. The number of amides is 1. The number of likely N-dealkylation sites (N-methyl/N-ethyl adjacent to an activating group) is 1. The summed E-state index contributed by atoms with van der Waals surface area (Å²) in [5.74, 6) is -1.45. The summed E-state index contributed by atoms with van der Waals surface area (Å²) in [5, 5.41) is 22.7. The molecule has 3 N–H and O–H groups in total. The molecule has 0 fully saturated rings. The zero-order valence-electron chi connectivity index (χ0n) is 11.0. The van der Waals surface area contributed by atoms with Gasteiger partial charge in [-0.25, -0.2) is 4.79 Å². The van der Waals surface area contributed by atoms with E-state index in [9.17, 15) is 14.7 Å². The summed E-state index contributed by atoms with van der Waals surface area (Å²) in [6.07, 6.45) is 0. The molecule has 0 spiro atoms. The third kappa shape index (κ3) is 2.51. The van der Waals surface area contributed by atoms with Crippen LogP contribution in [0.1, 0.15) is 17.4 Å². The number of hydrogen-bond acceptors (Lipinski definition) is 5. The van der Waals surface area contributed by atoms with E-state index in [1.165, 1.54) is 7.05 Å². The van der Waals surface area contributed by atoms with Crippen molar-refractivity contribution in [3.05, 3.63) is 30.0 Å². The van der Waals surface area contributed by atoms with Gasteiger partial charge in [0.05, 0.1) is 11.2 Å². The maximum atomic E-state index is 11.6. The predicted molar refractivity (Wildman–Crippen MR) is 73.6 cm³/mol. The van der Waals surface area contributed by atoms with E-state index in [-0.39, 0.29) is 11.6 Å². The molecule has 1 amide bonds. The number of carboxylic acid groups (broad SMARTS) is 1. The van der Waals surface area contributed by atoms with Crippen molar-refractivity contribution in [1.29, 1.82) is 0 Å². The monoisotopic (exact) mass is 274 g/mol. The van der Waals surface area contributed by atoms with Crippen molar-refractivity contribution >= 4 is 28.5 Å². The summed E-state index contributed by atoms with van der Waals surface area (Å²) in [6.45, 7) is 1.64. The molecule has 1 aromatic carbocycles. The van der Waals surface area contributed by atoms with E-state index in [2.05, 4.69) is 20.8 Å². The molecule has 0 aliphatic heterocycles. The van der Waals surface area contributed by atoms with Crippen LogP contribution in [0, 0.1) is 0 Å². The maximum Gasteiger partial charge on any atom is 0.358 e. The number of aromatic carboxylic acids is 1. The Labute approximate surface area is 115 Å². The van der Waals surface area contributed by atoms with Crippen molar-refractivity contribution in [3.63, 3.8) is 0 Å². The average Bonchev–Trinajstić information content (AvgIpc) is 2.46. The summed E-state index contributed by atoms with van der Waals surface area (Å²) in [6, 6.07) is 6.42. The number of carbonyl (C=O) groups is 2. The molecule has 0 bridgehead atoms. The first-order valence-corrected chi connectivity index (χ1v) is 6.01. The first-order valence-electron chi connectivity index (χ1n) is 6.01. The second-order valence-electron chi connectivity index (χ2n) is 4.23. The van der Waals surface area contributed by atoms with E-state index < -0.39 is 12.0 Å². The minimum absolute atomic E-state index is 0.209. The van der Waals surface area contributed by atoms with Crippen molar-refractivity contribution in [3.8, 4) is 0 Å². The molecule has 0 saturated heterocycles. The number of nitrogens with one attached hydrogen (secondary N) is 2. The Kier molecular flexibility index (Phi) is 3.79. The van der Waals surface area contributed by atoms with E-state index in [1.807, 2.05) is 0 Å². The number of aromatic nitrogens is 2. The van der Waals surface area contributed by atoms with Gasteiger partial charge in [0.25, 0.3) is 0 Å². The Bertz CT molecular complexity index is 672. The van der Waals surface area contributed by atoms with Crippen LogP contribution in [-0.4, -0.2) is 40.3 Å². The van der Waals surface area contributed by atoms with Gasteiger partial charge in [-0.1, -0.05) is 18.2 Å². The molecule has 1 heterocycles. The molecule has 0 saturated carbocycles. The molecule has 1 atom stereocenters. The largest absolute Gasteiger partial charge is 0.476 e. The molecule has 0 aliphatic carbocycles. The molecule has 2 rings (SSSR count). The molecular formula is C13H14N4O3. The normalized spacial score (nSPS) is 11.9. The lowest BCUT2D eigenvalue weighted by molar-refractivity contribution is -0.121. The molecule has 1 aromatic heterocycles. The van der Waals surface area contributed by atoms with Crippen LogP contribution < -0.4 is 10.6 Å². The van der Waals surface area contributed by atoms with Gasteiger partial charge in [-0.05, 0) is 13.0 Å². The van der Waals surface area contributed by atoms with Gasteiger partial charge in [-0.3, -0.25) is 4.79 Å². The maximum absolute atomic E-state index is 11.6. The number of fused-ring (bicyclic) bond motifs is 1. The van der Waals surface area contributed by atoms with Gasteiger partial charge < -0.3 is 15.7 Å². The smallest absolute Gasteiger partial charge is 0.358 e. The van der Waals surface area contributed by atoms with Crippen LogP contribution in [0.2, 0.25) is 0 Å². The van der Waals surface area contributed by atoms with Gasteiger partial charge in [0.15, 0.2) is 5.69 Å². The molecule has 2 aromatic rings. The molecular weight excluding hydrogens is 260 g/mol. The topological polar surface area (TPSA) is 104 Å². The van der Waals surface area contributed by atoms with E-state index in [4.69, 9.17) is 0 Å². The highest BCUT2D eigenvalue weighted by atomic mass is 16.4. The van der Waals surface area contributed by atoms with Crippen LogP contribution in [-0.2, 0) is 4.79 Å². The van der Waals surface area contributed by atoms with Crippen molar-refractivity contribution in [2.45, 2.75) is 13.0 Å². The second-order valence-corrected chi connectivity index (χ2v) is 4.23. The molecule has 7 heteroatoms. The number of rotatable bonds is 4. The summed E-state index contributed by atoms with van der Waals surface area (Å²) in [4.78, 5) is 22.8. The number of benzene rings is 1. The average molecular weight is 274 g/mol. The standard InChI is InChI=1S/C13H14N4O3/c1-7(12(18)14-2)15-10-8-5-3-4-6-9(8)16-17-11(10)13(19)20/h3-7H,1-2H3,(H,14,18)(H,15,16)(H,19,20). The second kappa shape index (κ2) is 5.52. The van der Waals surface area contributed by atoms with Crippen LogP contribution >= 0.6 is 0 Å². The molecule has 104 valence electrons. The van der Waals surface area contributed by atoms with Crippen LogP contribution in [0.15, 0.2) is 24.3 Å². The molecule has 7 nitrogen and oxygen atoms in total. The van der Waals surface area contributed by atoms with Crippen molar-refractivity contribution < 1.29 is 14.7 Å². The van der Waals surface area contributed by atoms with E-state index in [0.29, 0.717) is 16.6 Å². The van der Waals surface area contributed by atoms with Gasteiger partial charge in [0.2, 0.25) is 5.91 Å². The summed E-state index contributed by atoms with van der Waals surface area (Å²) in [7, 11) is 1.52. The van der Waals surface area contributed by atoms with Crippen LogP contribution in [0.4, 0.5) is 5.69 Å². The SMILES string of the molecule is CNC(=O)C(C)Nc1c(C(=O)O)nnc2ccccc12. The Hall–Kier alpha value is -2.70. The fraction of sp³-hybridized carbons (Fsp3) is 0.231. The molecule has 0 aliphatic rings. The van der Waals surface area contributed by atoms with Crippen LogP contribution in [0.5, 0.6) is 0 Å². The Morgan fingerprint density at radius 2 is 1.95 bits per heavy atom. The zero-order chi connectivity index (χ0) is 14.7. The Balaban J connectivity index is 2.55. The summed E-state index contributed by atoms with van der Waals surface area (Å²) >= 11 is 0. The van der Waals surface area contributed by atoms with Crippen molar-refractivity contribution in [1.82, 2.24) is 15.5 Å². The summed E-state index contributed by atoms with van der Waals surface area (Å²) < 4.78 is 0. The molecule has 0 radical (unpaired) electrons. The number of anilines is 1. The quantitative estimate of drug-likeness (QED) is 0.764. The lowest BCUT2D eigenvalue weighted by Gasteiger charge is -2.16. The lowest BCUT2D eigenvalue weighted by Crippen LogP contribution is -2.35. The highest BCUT2D eigenvalue weighted by Crippen LogP contribution is 2.24. The van der Waals surface area contributed by atoms with Gasteiger partial charge in [-0.15, -0.1) is 10.2 Å². The fourth-order valence-electron chi connectivity index (χ4n) is 1.85. The minimum Gasteiger partial charge on any atom is -0.476 e. The Morgan fingerprint density at radius 3 is 2.60 bits per heavy atom. The minimum atomic E-state index is -1.20. The fourth-order valence-corrected chi connectivity index (χ4v) is 1.85. The van der Waals surface area contributed by atoms with Gasteiger partial charge >= 0.3 is 5.97 Å². The van der Waals surface area contributed by atoms with E-state index in [1.54, 1.807) is 31.2 Å². The highest BCUT2D eigenvalue weighted by Gasteiger charge is 2.20. The first kappa shape index (κ1) is 13.7. The van der Waals surface area contributed by atoms with Crippen molar-refractivity contribution in [2.75, 3.05) is 12.4 Å². The predicted octanol–water partition coefficient (Wildman–Crippen LogP) is 0.874. The zero-order valence-corrected chi connectivity index (χ0v) is 11.0. The third-order valence-corrected chi connectivity index (χ3v) is 2.87. The first-order chi connectivity index (χ1) is 9.54. The van der Waals surface area contributed by atoms with Crippen LogP contribution in [0.3, 0.4) is 0 Å². The van der Waals surface area contributed by atoms with Gasteiger partial charge in [0.1, 0.15) is 6.04 Å². The molecule has 1 unspecified atom stereocenters. The molecule has 20 heavy (non-hydrogen) atoms. The number of carboxylic acids is 1. The van der Waals surface area contributed by atoms with E-state index >= 15 is 0 Å².